The smallest absolute Gasteiger partial charge is 0.168 e. The minimum atomic E-state index is 0.00211. The van der Waals surface area contributed by atoms with Crippen LogP contribution in [-0.4, -0.2) is 14.6 Å². The van der Waals surface area contributed by atoms with E-state index in [1.165, 1.54) is 42.2 Å². The molecule has 7 aromatic rings. The molecule has 0 aliphatic rings. The lowest BCUT2D eigenvalue weighted by Crippen LogP contribution is -2.13. The summed E-state index contributed by atoms with van der Waals surface area (Å²) in [7, 11) is 0. The molecule has 7 rings (SSSR count). The normalized spacial score (nSPS) is 12.3. The number of rotatable bonds is 2. The van der Waals surface area contributed by atoms with Crippen molar-refractivity contribution in [3.63, 3.8) is 0 Å². The lowest BCUT2D eigenvalue weighted by molar-refractivity contribution is 0.592. The van der Waals surface area contributed by atoms with Crippen molar-refractivity contribution >= 4 is 47.9 Å². The van der Waals surface area contributed by atoms with Crippen LogP contribution in [0.3, 0.4) is 0 Å². The molecule has 0 atom stereocenters. The van der Waals surface area contributed by atoms with Crippen molar-refractivity contribution in [3.8, 4) is 22.5 Å². The van der Waals surface area contributed by atoms with Gasteiger partial charge in [-0.25, -0.2) is 0 Å². The number of hydrogen-bond acceptors (Lipinski definition) is 3. The molecule has 0 aliphatic heterocycles. The summed E-state index contributed by atoms with van der Waals surface area (Å²) < 4.78 is 4.82. The number of thiophene rings is 1. The summed E-state index contributed by atoms with van der Waals surface area (Å²) in [6.45, 7) is 6.77. The van der Waals surface area contributed by atoms with Crippen LogP contribution < -0.4 is 0 Å². The first-order valence-corrected chi connectivity index (χ1v) is 13.1. The minimum absolute atomic E-state index is 0.00211. The topological polar surface area (TPSA) is 30.2 Å². The van der Waals surface area contributed by atoms with Crippen molar-refractivity contribution in [2.75, 3.05) is 0 Å². The highest BCUT2D eigenvalue weighted by Gasteiger charge is 2.21. The molecule has 0 amide bonds. The minimum Gasteiger partial charge on any atom is -0.282 e. The van der Waals surface area contributed by atoms with E-state index in [4.69, 9.17) is 0 Å². The van der Waals surface area contributed by atoms with E-state index in [2.05, 4.69) is 133 Å². The number of aromatic nitrogens is 3. The molecule has 3 nitrogen and oxygen atoms in total. The molecule has 0 unspecified atom stereocenters. The first-order valence-electron chi connectivity index (χ1n) is 12.3. The van der Waals surface area contributed by atoms with Gasteiger partial charge in [0.15, 0.2) is 11.5 Å². The Morgan fingerprint density at radius 1 is 0.639 bits per heavy atom. The second-order valence-electron chi connectivity index (χ2n) is 10.4. The summed E-state index contributed by atoms with van der Waals surface area (Å²) >= 11 is 1.87. The molecular weight excluding hydrogens is 458 g/mol. The average molecular weight is 484 g/mol. The van der Waals surface area contributed by atoms with Crippen molar-refractivity contribution in [2.24, 2.45) is 0 Å². The number of fused-ring (bicyclic) bond motifs is 6. The second kappa shape index (κ2) is 7.74. The van der Waals surface area contributed by atoms with Crippen molar-refractivity contribution < 1.29 is 0 Å². The number of benzene rings is 4. The Labute approximate surface area is 213 Å². The third kappa shape index (κ3) is 3.18. The summed E-state index contributed by atoms with van der Waals surface area (Å²) in [6, 6.07) is 32.5. The highest BCUT2D eigenvalue weighted by atomic mass is 32.1. The van der Waals surface area contributed by atoms with E-state index in [9.17, 15) is 0 Å². The van der Waals surface area contributed by atoms with Crippen LogP contribution in [-0.2, 0) is 5.41 Å². The van der Waals surface area contributed by atoms with Gasteiger partial charge >= 0.3 is 0 Å². The fourth-order valence-corrected chi connectivity index (χ4v) is 6.52. The third-order valence-corrected chi connectivity index (χ3v) is 8.30. The largest absolute Gasteiger partial charge is 0.282 e. The lowest BCUT2D eigenvalue weighted by atomic mass is 9.85. The first kappa shape index (κ1) is 21.3. The molecule has 0 bridgehead atoms. The number of nitrogens with zero attached hydrogens (tertiary/aromatic N) is 3. The Kier molecular flexibility index (Phi) is 4.57. The van der Waals surface area contributed by atoms with Gasteiger partial charge in [0.1, 0.15) is 0 Å². The maximum atomic E-state index is 4.64. The van der Waals surface area contributed by atoms with Gasteiger partial charge in [-0.2, -0.15) is 0 Å². The summed E-state index contributed by atoms with van der Waals surface area (Å²) in [5, 5.41) is 14.3. The van der Waals surface area contributed by atoms with E-state index in [0.29, 0.717) is 0 Å². The van der Waals surface area contributed by atoms with Crippen molar-refractivity contribution in [1.82, 2.24) is 14.6 Å². The maximum Gasteiger partial charge on any atom is 0.168 e. The summed E-state index contributed by atoms with van der Waals surface area (Å²) in [4.78, 5) is 0. The molecule has 174 valence electrons. The highest BCUT2D eigenvalue weighted by Crippen LogP contribution is 2.40. The van der Waals surface area contributed by atoms with Gasteiger partial charge in [0, 0.05) is 37.3 Å². The van der Waals surface area contributed by atoms with Crippen molar-refractivity contribution in [3.05, 3.63) is 103 Å². The second-order valence-corrected chi connectivity index (χ2v) is 11.5. The summed E-state index contributed by atoms with van der Waals surface area (Å²) in [5.41, 5.74) is 5.73. The van der Waals surface area contributed by atoms with Gasteiger partial charge in [0.25, 0.3) is 0 Å². The molecular formula is C32H25N3S. The average Bonchev–Trinajstić information content (AvgIpc) is 3.49. The molecule has 4 aromatic carbocycles. The van der Waals surface area contributed by atoms with E-state index in [0.717, 1.165) is 22.4 Å². The number of pyridine rings is 1. The highest BCUT2D eigenvalue weighted by molar-refractivity contribution is 7.26. The maximum absolute atomic E-state index is 4.64. The molecule has 0 N–H and O–H groups in total. The third-order valence-electron chi connectivity index (χ3n) is 7.08. The fraction of sp³-hybridized carbons (Fsp3) is 0.125. The van der Waals surface area contributed by atoms with Crippen molar-refractivity contribution in [1.29, 1.82) is 0 Å². The van der Waals surface area contributed by atoms with Crippen LogP contribution in [0, 0.1) is 0 Å². The predicted molar refractivity (Wildman–Crippen MR) is 153 cm³/mol. The van der Waals surface area contributed by atoms with Gasteiger partial charge in [-0.1, -0.05) is 106 Å². The molecule has 0 saturated heterocycles. The Bertz CT molecular complexity index is 1920. The van der Waals surface area contributed by atoms with Gasteiger partial charge in [0.2, 0.25) is 0 Å². The Hall–Kier alpha value is -4.02. The predicted octanol–water partition coefficient (Wildman–Crippen LogP) is 8.88. The van der Waals surface area contributed by atoms with E-state index in [1.54, 1.807) is 0 Å². The zero-order valence-electron chi connectivity index (χ0n) is 20.5. The SMILES string of the molecule is CC(C)(C)c1cn2c(-c3ccc(-c4cccc5c4sc4ccccc45)cc3)nnc2c2ccccc12. The summed E-state index contributed by atoms with van der Waals surface area (Å²) in [5.74, 6) is 0.868. The molecule has 3 heterocycles. The van der Waals surface area contributed by atoms with Gasteiger partial charge in [-0.05, 0) is 33.6 Å². The standard InChI is InChI=1S/C32H25N3S/c1-32(2,3)27-19-35-30(33-34-31(35)26-11-5-4-9-23(26)27)21-17-15-20(16-18-21)22-12-8-13-25-24-10-6-7-14-28(24)36-29(22)25/h4-19H,1-3H3. The monoisotopic (exact) mass is 483 g/mol. The van der Waals surface area contributed by atoms with Crippen LogP contribution >= 0.6 is 11.3 Å². The van der Waals surface area contributed by atoms with Gasteiger partial charge in [-0.3, -0.25) is 4.40 Å². The quantitative estimate of drug-likeness (QED) is 0.246. The first-order chi connectivity index (χ1) is 17.5. The zero-order valence-corrected chi connectivity index (χ0v) is 21.3. The van der Waals surface area contributed by atoms with Gasteiger partial charge in [0.05, 0.1) is 0 Å². The Morgan fingerprint density at radius 2 is 1.31 bits per heavy atom. The molecule has 0 radical (unpaired) electrons. The van der Waals surface area contributed by atoms with Gasteiger partial charge in [-0.15, -0.1) is 21.5 Å². The molecule has 0 fully saturated rings. The molecule has 0 aliphatic carbocycles. The Morgan fingerprint density at radius 3 is 2.08 bits per heavy atom. The van der Waals surface area contributed by atoms with Crippen LogP contribution in [0.25, 0.3) is 59.1 Å². The Balaban J connectivity index is 1.38. The van der Waals surface area contributed by atoms with E-state index >= 15 is 0 Å². The van der Waals surface area contributed by atoms with E-state index in [-0.39, 0.29) is 5.41 Å². The molecule has 4 heteroatoms. The molecule has 3 aromatic heterocycles. The van der Waals surface area contributed by atoms with Crippen LogP contribution in [0.5, 0.6) is 0 Å². The van der Waals surface area contributed by atoms with Crippen molar-refractivity contribution in [2.45, 2.75) is 26.2 Å². The van der Waals surface area contributed by atoms with Crippen LogP contribution in [0.15, 0.2) is 97.2 Å². The molecule has 0 saturated carbocycles. The fourth-order valence-electron chi connectivity index (χ4n) is 5.28. The number of hydrogen-bond donors (Lipinski definition) is 0. The molecule has 0 spiro atoms. The van der Waals surface area contributed by atoms with Crippen LogP contribution in [0.4, 0.5) is 0 Å². The van der Waals surface area contributed by atoms with E-state index < -0.39 is 0 Å². The van der Waals surface area contributed by atoms with E-state index in [1.807, 2.05) is 11.3 Å². The van der Waals surface area contributed by atoms with Gasteiger partial charge < -0.3 is 0 Å². The zero-order chi connectivity index (χ0) is 24.4. The summed E-state index contributed by atoms with van der Waals surface area (Å²) in [6.07, 6.45) is 2.22. The van der Waals surface area contributed by atoms with Crippen LogP contribution in [0.1, 0.15) is 26.3 Å². The lowest BCUT2D eigenvalue weighted by Gasteiger charge is -2.22. The van der Waals surface area contributed by atoms with Crippen LogP contribution in [0.2, 0.25) is 0 Å². The molecule has 36 heavy (non-hydrogen) atoms.